The quantitative estimate of drug-likeness (QED) is 0.227. The van der Waals surface area contributed by atoms with Gasteiger partial charge in [-0.05, 0) is 46.5 Å². The molecule has 0 fully saturated rings. The summed E-state index contributed by atoms with van der Waals surface area (Å²) < 4.78 is 0. The molecule has 1 aromatic heterocycles. The number of benzene rings is 5. The SMILES string of the molecule is N#Cc1c(-c2ccccc2)cc(-c2ccccc2)cc1-c1cc(-c2ccccc2)ncc1-c1ccccc1Cl. The van der Waals surface area contributed by atoms with Gasteiger partial charge in [0.15, 0.2) is 0 Å². The Hall–Kier alpha value is -4.97. The minimum atomic E-state index is 0.611. The molecule has 0 radical (unpaired) electrons. The Bertz CT molecular complexity index is 1810. The minimum Gasteiger partial charge on any atom is -0.256 e. The van der Waals surface area contributed by atoms with Gasteiger partial charge in [0.25, 0.3) is 0 Å². The minimum absolute atomic E-state index is 0.611. The highest BCUT2D eigenvalue weighted by molar-refractivity contribution is 6.33. The van der Waals surface area contributed by atoms with Gasteiger partial charge in [-0.2, -0.15) is 5.26 Å². The monoisotopic (exact) mass is 518 g/mol. The highest BCUT2D eigenvalue weighted by atomic mass is 35.5. The molecule has 0 saturated carbocycles. The van der Waals surface area contributed by atoms with Crippen molar-refractivity contribution in [2.24, 2.45) is 0 Å². The van der Waals surface area contributed by atoms with Crippen LogP contribution in [0.3, 0.4) is 0 Å². The molecule has 39 heavy (non-hydrogen) atoms. The molecule has 184 valence electrons. The Labute approximate surface area is 233 Å². The number of rotatable bonds is 5. The highest BCUT2D eigenvalue weighted by Gasteiger charge is 2.20. The summed E-state index contributed by atoms with van der Waals surface area (Å²) in [6, 6.07) is 47.0. The number of pyridine rings is 1. The van der Waals surface area contributed by atoms with Gasteiger partial charge in [-0.1, -0.05) is 121 Å². The fourth-order valence-corrected chi connectivity index (χ4v) is 5.19. The lowest BCUT2D eigenvalue weighted by Gasteiger charge is -2.18. The molecule has 0 aliphatic heterocycles. The number of nitriles is 1. The average molecular weight is 519 g/mol. The van der Waals surface area contributed by atoms with Crippen molar-refractivity contribution in [1.29, 1.82) is 5.26 Å². The molecule has 0 saturated heterocycles. The van der Waals surface area contributed by atoms with Crippen LogP contribution < -0.4 is 0 Å². The summed E-state index contributed by atoms with van der Waals surface area (Å²) in [5, 5.41) is 11.2. The summed E-state index contributed by atoms with van der Waals surface area (Å²) >= 11 is 6.71. The second-order valence-corrected chi connectivity index (χ2v) is 9.66. The largest absolute Gasteiger partial charge is 0.256 e. The summed E-state index contributed by atoms with van der Waals surface area (Å²) in [6.45, 7) is 0. The van der Waals surface area contributed by atoms with Crippen molar-refractivity contribution >= 4 is 11.6 Å². The number of aromatic nitrogens is 1. The molecule has 6 aromatic rings. The Balaban J connectivity index is 1.70. The van der Waals surface area contributed by atoms with Crippen molar-refractivity contribution in [3.8, 4) is 61.8 Å². The smallest absolute Gasteiger partial charge is 0.100 e. The maximum atomic E-state index is 10.6. The average Bonchev–Trinajstić information content (AvgIpc) is 3.02. The Morgan fingerprint density at radius 2 is 1.05 bits per heavy atom. The van der Waals surface area contributed by atoms with Gasteiger partial charge in [0.1, 0.15) is 6.07 Å². The van der Waals surface area contributed by atoms with E-state index in [9.17, 15) is 5.26 Å². The fourth-order valence-electron chi connectivity index (χ4n) is 4.96. The van der Waals surface area contributed by atoms with Gasteiger partial charge in [0.05, 0.1) is 11.3 Å². The molecular formula is C36H23ClN2. The molecule has 0 atom stereocenters. The predicted molar refractivity (Wildman–Crippen MR) is 161 cm³/mol. The van der Waals surface area contributed by atoms with E-state index >= 15 is 0 Å². The zero-order valence-electron chi connectivity index (χ0n) is 21.1. The van der Waals surface area contributed by atoms with Crippen molar-refractivity contribution in [2.75, 3.05) is 0 Å². The van der Waals surface area contributed by atoms with Crippen LogP contribution in [0.5, 0.6) is 0 Å². The lowest BCUT2D eigenvalue weighted by Crippen LogP contribution is -1.97. The molecule has 0 aliphatic carbocycles. The third kappa shape index (κ3) is 4.84. The zero-order chi connectivity index (χ0) is 26.6. The van der Waals surface area contributed by atoms with E-state index < -0.39 is 0 Å². The van der Waals surface area contributed by atoms with Crippen LogP contribution in [-0.2, 0) is 0 Å². The molecule has 0 spiro atoms. The third-order valence-corrected chi connectivity index (χ3v) is 7.20. The number of hydrogen-bond donors (Lipinski definition) is 0. The fraction of sp³-hybridized carbons (Fsp3) is 0. The van der Waals surface area contributed by atoms with Gasteiger partial charge in [0.2, 0.25) is 0 Å². The molecule has 0 aliphatic rings. The number of nitrogens with zero attached hydrogens (tertiary/aromatic N) is 2. The summed E-state index contributed by atoms with van der Waals surface area (Å²) in [5.74, 6) is 0. The lowest BCUT2D eigenvalue weighted by atomic mass is 9.85. The maximum Gasteiger partial charge on any atom is 0.100 e. The Morgan fingerprint density at radius 3 is 1.69 bits per heavy atom. The van der Waals surface area contributed by atoms with Crippen LogP contribution >= 0.6 is 11.6 Å². The third-order valence-electron chi connectivity index (χ3n) is 6.87. The van der Waals surface area contributed by atoms with E-state index in [1.807, 2.05) is 109 Å². The van der Waals surface area contributed by atoms with E-state index in [0.717, 1.165) is 55.8 Å². The molecule has 0 unspecified atom stereocenters. The Kier molecular flexibility index (Phi) is 6.75. The highest BCUT2D eigenvalue weighted by Crippen LogP contribution is 2.43. The molecule has 3 heteroatoms. The summed E-state index contributed by atoms with van der Waals surface area (Å²) in [7, 11) is 0. The van der Waals surface area contributed by atoms with Crippen LogP contribution in [0.2, 0.25) is 5.02 Å². The van der Waals surface area contributed by atoms with Crippen molar-refractivity contribution < 1.29 is 0 Å². The van der Waals surface area contributed by atoms with Crippen LogP contribution in [0, 0.1) is 11.3 Å². The molecule has 5 aromatic carbocycles. The van der Waals surface area contributed by atoms with Gasteiger partial charge in [-0.25, -0.2) is 0 Å². The first-order chi connectivity index (χ1) is 19.2. The second kappa shape index (κ2) is 10.8. The number of hydrogen-bond acceptors (Lipinski definition) is 2. The van der Waals surface area contributed by atoms with E-state index in [0.29, 0.717) is 10.6 Å². The summed E-state index contributed by atoms with van der Waals surface area (Å²) in [6.07, 6.45) is 1.87. The van der Waals surface area contributed by atoms with Crippen molar-refractivity contribution in [3.05, 3.63) is 150 Å². The molecule has 1 heterocycles. The molecule has 0 amide bonds. The standard InChI is InChI=1S/C36H23ClN2/c37-35-19-11-10-18-29(35)34-24-39-36(27-16-8-3-9-17-27)22-32(34)31-21-28(25-12-4-1-5-13-25)20-30(33(31)23-38)26-14-6-2-7-15-26/h1-22,24H. The van der Waals surface area contributed by atoms with Crippen LogP contribution in [0.4, 0.5) is 0 Å². The van der Waals surface area contributed by atoms with Crippen LogP contribution in [0.1, 0.15) is 5.56 Å². The van der Waals surface area contributed by atoms with E-state index in [4.69, 9.17) is 16.6 Å². The van der Waals surface area contributed by atoms with E-state index in [-0.39, 0.29) is 0 Å². The van der Waals surface area contributed by atoms with Gasteiger partial charge in [-0.15, -0.1) is 0 Å². The molecule has 6 rings (SSSR count). The van der Waals surface area contributed by atoms with Crippen LogP contribution in [0.15, 0.2) is 140 Å². The van der Waals surface area contributed by atoms with Crippen LogP contribution in [0.25, 0.3) is 55.8 Å². The lowest BCUT2D eigenvalue weighted by molar-refractivity contribution is 1.32. The molecule has 2 nitrogen and oxygen atoms in total. The first kappa shape index (κ1) is 24.4. The van der Waals surface area contributed by atoms with Gasteiger partial charge >= 0.3 is 0 Å². The first-order valence-electron chi connectivity index (χ1n) is 12.7. The van der Waals surface area contributed by atoms with E-state index in [1.54, 1.807) is 0 Å². The van der Waals surface area contributed by atoms with E-state index in [1.165, 1.54) is 0 Å². The summed E-state index contributed by atoms with van der Waals surface area (Å²) in [4.78, 5) is 4.83. The summed E-state index contributed by atoms with van der Waals surface area (Å²) in [5.41, 5.74) is 9.93. The van der Waals surface area contributed by atoms with Crippen molar-refractivity contribution in [1.82, 2.24) is 4.98 Å². The normalized spacial score (nSPS) is 10.7. The van der Waals surface area contributed by atoms with Crippen LogP contribution in [-0.4, -0.2) is 4.98 Å². The van der Waals surface area contributed by atoms with E-state index in [2.05, 4.69) is 36.4 Å². The topological polar surface area (TPSA) is 36.7 Å². The van der Waals surface area contributed by atoms with Crippen molar-refractivity contribution in [2.45, 2.75) is 0 Å². The molecule has 0 bridgehead atoms. The maximum absolute atomic E-state index is 10.6. The molecular weight excluding hydrogens is 496 g/mol. The number of halogens is 1. The van der Waals surface area contributed by atoms with Gasteiger partial charge in [0, 0.05) is 39.0 Å². The second-order valence-electron chi connectivity index (χ2n) is 9.25. The molecule has 0 N–H and O–H groups in total. The zero-order valence-corrected chi connectivity index (χ0v) is 21.8. The van der Waals surface area contributed by atoms with Crippen molar-refractivity contribution in [3.63, 3.8) is 0 Å². The predicted octanol–water partition coefficient (Wildman–Crippen LogP) is 9.94. The first-order valence-corrected chi connectivity index (χ1v) is 13.1. The van der Waals surface area contributed by atoms with Gasteiger partial charge < -0.3 is 0 Å². The van der Waals surface area contributed by atoms with Gasteiger partial charge in [-0.3, -0.25) is 4.98 Å². The Morgan fingerprint density at radius 1 is 0.487 bits per heavy atom.